The van der Waals surface area contributed by atoms with Crippen LogP contribution in [0, 0.1) is 13.8 Å². The van der Waals surface area contributed by atoms with Gasteiger partial charge in [-0.15, -0.1) is 24.8 Å². The van der Waals surface area contributed by atoms with Gasteiger partial charge in [-0.3, -0.25) is 9.69 Å². The Bertz CT molecular complexity index is 1250. The molecule has 2 atom stereocenters. The number of halogens is 3. The van der Waals surface area contributed by atoms with Crippen molar-refractivity contribution in [2.75, 3.05) is 26.3 Å². The molecule has 0 spiro atoms. The van der Waals surface area contributed by atoms with E-state index in [2.05, 4.69) is 21.3 Å². The highest BCUT2D eigenvalue weighted by molar-refractivity contribution is 6.31. The number of aryl methyl sites for hydroxylation is 2. The summed E-state index contributed by atoms with van der Waals surface area (Å²) in [6.45, 7) is 8.96. The zero-order valence-corrected chi connectivity index (χ0v) is 22.0. The minimum Gasteiger partial charge on any atom is -0.378 e. The summed E-state index contributed by atoms with van der Waals surface area (Å²) in [6, 6.07) is 8.70. The molecule has 1 amide bonds. The lowest BCUT2D eigenvalue weighted by molar-refractivity contribution is -0.00877. The zero-order chi connectivity index (χ0) is 22.7. The fourth-order valence-corrected chi connectivity index (χ4v) is 5.48. The molecule has 2 fully saturated rings. The van der Waals surface area contributed by atoms with Crippen LogP contribution in [0.1, 0.15) is 38.6 Å². The smallest absolute Gasteiger partial charge is 0.254 e. The maximum Gasteiger partial charge on any atom is 0.254 e. The number of aromatic nitrogens is 3. The molecule has 0 aliphatic carbocycles. The molecule has 1 aromatic carbocycles. The Labute approximate surface area is 221 Å². The summed E-state index contributed by atoms with van der Waals surface area (Å²) in [7, 11) is 0. The number of benzene rings is 1. The van der Waals surface area contributed by atoms with Crippen molar-refractivity contribution < 1.29 is 9.53 Å². The molecule has 5 heterocycles. The maximum absolute atomic E-state index is 13.6. The minimum atomic E-state index is 0. The van der Waals surface area contributed by atoms with Gasteiger partial charge in [0.15, 0.2) is 5.65 Å². The van der Waals surface area contributed by atoms with E-state index in [1.54, 1.807) is 4.52 Å². The van der Waals surface area contributed by atoms with Gasteiger partial charge in [-0.2, -0.15) is 5.10 Å². The highest BCUT2D eigenvalue weighted by Gasteiger charge is 2.33. The fraction of sp³-hybridized carbons (Fsp3) is 0.458. The monoisotopic (exact) mass is 538 g/mol. The van der Waals surface area contributed by atoms with Crippen molar-refractivity contribution in [1.29, 1.82) is 0 Å². The number of amides is 1. The molecule has 3 aliphatic rings. The summed E-state index contributed by atoms with van der Waals surface area (Å²) in [5.74, 6) is 0.0443. The summed E-state index contributed by atoms with van der Waals surface area (Å²) in [4.78, 5) is 22.6. The minimum absolute atomic E-state index is 0. The quantitative estimate of drug-likeness (QED) is 0.551. The van der Waals surface area contributed by atoms with Gasteiger partial charge in [0.05, 0.1) is 48.4 Å². The van der Waals surface area contributed by atoms with E-state index < -0.39 is 0 Å². The Morgan fingerprint density at radius 2 is 1.86 bits per heavy atom. The Morgan fingerprint density at radius 1 is 1.14 bits per heavy atom. The number of carbonyl (C=O) groups excluding carboxylic acids is 1. The van der Waals surface area contributed by atoms with Crippen molar-refractivity contribution >= 4 is 48.0 Å². The normalized spacial score (nSPS) is 21.4. The second-order valence-electron chi connectivity index (χ2n) is 9.37. The molecule has 3 aromatic rings. The molecule has 188 valence electrons. The summed E-state index contributed by atoms with van der Waals surface area (Å²) in [5, 5.41) is 8.97. The topological polar surface area (TPSA) is 75.0 Å². The average Bonchev–Trinajstić information content (AvgIpc) is 3.36. The Morgan fingerprint density at radius 3 is 2.60 bits per heavy atom. The van der Waals surface area contributed by atoms with Crippen molar-refractivity contribution in [2.45, 2.75) is 45.6 Å². The number of nitrogens with one attached hydrogen (secondary N) is 1. The Kier molecular flexibility index (Phi) is 7.62. The predicted octanol–water partition coefficient (Wildman–Crippen LogP) is 3.17. The largest absolute Gasteiger partial charge is 0.378 e. The molecule has 0 saturated carbocycles. The van der Waals surface area contributed by atoms with Gasteiger partial charge in [-0.1, -0.05) is 29.8 Å². The molecule has 11 heteroatoms. The molecule has 35 heavy (non-hydrogen) atoms. The maximum atomic E-state index is 13.6. The van der Waals surface area contributed by atoms with Crippen LogP contribution in [0.5, 0.6) is 0 Å². The van der Waals surface area contributed by atoms with Crippen molar-refractivity contribution in [1.82, 2.24) is 29.7 Å². The molecule has 2 bridgehead atoms. The summed E-state index contributed by atoms with van der Waals surface area (Å²) in [5.41, 5.74) is 6.20. The van der Waals surface area contributed by atoms with E-state index >= 15 is 0 Å². The van der Waals surface area contributed by atoms with Crippen molar-refractivity contribution in [3.63, 3.8) is 0 Å². The van der Waals surface area contributed by atoms with Crippen LogP contribution in [0.25, 0.3) is 5.65 Å². The van der Waals surface area contributed by atoms with Gasteiger partial charge < -0.3 is 15.0 Å². The third-order valence-corrected chi connectivity index (χ3v) is 7.50. The summed E-state index contributed by atoms with van der Waals surface area (Å²) >= 11 is 6.36. The van der Waals surface area contributed by atoms with Gasteiger partial charge in [0.2, 0.25) is 0 Å². The van der Waals surface area contributed by atoms with Crippen LogP contribution in [0.3, 0.4) is 0 Å². The molecular weight excluding hydrogens is 511 g/mol. The molecule has 2 aromatic heterocycles. The first-order chi connectivity index (χ1) is 16.0. The lowest BCUT2D eigenvalue weighted by Gasteiger charge is -2.42. The molecule has 2 saturated heterocycles. The van der Waals surface area contributed by atoms with Gasteiger partial charge in [0, 0.05) is 42.8 Å². The molecule has 6 rings (SSSR count). The van der Waals surface area contributed by atoms with Crippen LogP contribution in [-0.2, 0) is 24.4 Å². The third-order valence-electron chi connectivity index (χ3n) is 6.95. The van der Waals surface area contributed by atoms with E-state index in [0.29, 0.717) is 30.2 Å². The predicted molar refractivity (Wildman–Crippen MR) is 139 cm³/mol. The Hall–Kier alpha value is -1.94. The van der Waals surface area contributed by atoms with Crippen molar-refractivity contribution in [3.8, 4) is 0 Å². The van der Waals surface area contributed by atoms with E-state index in [0.717, 1.165) is 72.3 Å². The summed E-state index contributed by atoms with van der Waals surface area (Å²) in [6.07, 6.45) is 0. The number of nitrogens with zero attached hydrogens (tertiary/aromatic N) is 5. The van der Waals surface area contributed by atoms with Gasteiger partial charge in [0.25, 0.3) is 5.91 Å². The van der Waals surface area contributed by atoms with Gasteiger partial charge >= 0.3 is 0 Å². The first-order valence-electron chi connectivity index (χ1n) is 11.4. The van der Waals surface area contributed by atoms with E-state index in [4.69, 9.17) is 21.4 Å². The van der Waals surface area contributed by atoms with Gasteiger partial charge in [0.1, 0.15) is 0 Å². The second-order valence-corrected chi connectivity index (χ2v) is 9.75. The first kappa shape index (κ1) is 26.1. The fourth-order valence-electron chi connectivity index (χ4n) is 5.35. The third kappa shape index (κ3) is 4.63. The van der Waals surface area contributed by atoms with E-state index in [9.17, 15) is 4.79 Å². The molecule has 0 radical (unpaired) electrons. The highest BCUT2D eigenvalue weighted by Crippen LogP contribution is 2.30. The second kappa shape index (κ2) is 10.2. The SMILES string of the molecule is Cc1nc2c3c(nn2c(C)c1Cl)CN(C(=O)c1ccccc1CN1CC2COCC(C1)N2)C3.Cl.Cl. The van der Waals surface area contributed by atoms with Crippen LogP contribution in [-0.4, -0.2) is 68.7 Å². The van der Waals surface area contributed by atoms with Crippen LogP contribution < -0.4 is 5.32 Å². The zero-order valence-electron chi connectivity index (χ0n) is 19.7. The number of carbonyl (C=O) groups is 1. The number of hydrogen-bond acceptors (Lipinski definition) is 6. The number of hydrogen-bond donors (Lipinski definition) is 1. The number of morpholine rings is 1. The Balaban J connectivity index is 0.00000144. The van der Waals surface area contributed by atoms with Crippen LogP contribution >= 0.6 is 36.4 Å². The molecule has 1 N–H and O–H groups in total. The number of rotatable bonds is 3. The van der Waals surface area contributed by atoms with Crippen molar-refractivity contribution in [2.24, 2.45) is 0 Å². The molecular formula is C24H29Cl3N6O2. The number of fused-ring (bicyclic) bond motifs is 5. The lowest BCUT2D eigenvalue weighted by atomic mass is 10.0. The summed E-state index contributed by atoms with van der Waals surface area (Å²) < 4.78 is 7.48. The standard InChI is InChI=1S/C24H27ClN6O2.2ClH/c1-14-22(25)15(2)31-23(26-14)20-10-30(11-21(20)28-31)24(32)19-6-4-3-5-16(19)7-29-8-17-12-33-13-18(9-29)27-17;;/h3-6,17-18,27H,7-13H2,1-2H3;2*1H. The van der Waals surface area contributed by atoms with E-state index in [-0.39, 0.29) is 30.7 Å². The van der Waals surface area contributed by atoms with Crippen molar-refractivity contribution in [3.05, 3.63) is 63.1 Å². The van der Waals surface area contributed by atoms with Crippen LogP contribution in [0.15, 0.2) is 24.3 Å². The highest BCUT2D eigenvalue weighted by atomic mass is 35.5. The van der Waals surface area contributed by atoms with Gasteiger partial charge in [-0.05, 0) is 25.5 Å². The van der Waals surface area contributed by atoms with Crippen LogP contribution in [0.4, 0.5) is 0 Å². The van der Waals surface area contributed by atoms with Crippen LogP contribution in [0.2, 0.25) is 5.02 Å². The average molecular weight is 540 g/mol. The van der Waals surface area contributed by atoms with Gasteiger partial charge in [-0.25, -0.2) is 9.50 Å². The van der Waals surface area contributed by atoms with E-state index in [1.807, 2.05) is 36.9 Å². The number of piperazine rings is 1. The molecule has 2 unspecified atom stereocenters. The van der Waals surface area contributed by atoms with E-state index in [1.165, 1.54) is 0 Å². The first-order valence-corrected chi connectivity index (χ1v) is 11.8. The number of ether oxygens (including phenoxy) is 1. The lowest BCUT2D eigenvalue weighted by Crippen LogP contribution is -2.62. The molecule has 3 aliphatic heterocycles. The molecule has 8 nitrogen and oxygen atoms in total.